The minimum absolute atomic E-state index is 0.0257. The summed E-state index contributed by atoms with van der Waals surface area (Å²) in [6.45, 7) is 12.0. The first-order chi connectivity index (χ1) is 21.8. The molecule has 0 aromatic heterocycles. The largest absolute Gasteiger partial charge is 0.377 e. The molecule has 0 amide bonds. The molecule has 0 N–H and O–H groups in total. The van der Waals surface area contributed by atoms with Gasteiger partial charge >= 0.3 is 0 Å². The molecule has 0 saturated carbocycles. The molecule has 3 rings (SSSR count). The Morgan fingerprint density at radius 1 is 0.733 bits per heavy atom. The van der Waals surface area contributed by atoms with Crippen LogP contribution in [0.2, 0.25) is 0 Å². The molecule has 0 aliphatic carbocycles. The van der Waals surface area contributed by atoms with Crippen molar-refractivity contribution in [3.63, 3.8) is 0 Å². The standard InChI is InChI=1S/C41H56O4/c1-34(24-25-40(42)36(3)26-29-43-31-37-18-8-5-9-19-37)16-14-27-41(4,45-33-39-22-12-7-13-23-39)28-15-17-35(2)30-44-32-38-20-10-6-11-21-38/h5-14,16,18-23,34-36H,15,17,24-33H2,1-4H3/b16-14+/t34-,35-,36-,41-/m1/s1. The van der Waals surface area contributed by atoms with Gasteiger partial charge in [0.05, 0.1) is 25.4 Å². The van der Waals surface area contributed by atoms with E-state index in [1.54, 1.807) is 0 Å². The predicted octanol–water partition coefficient (Wildman–Crippen LogP) is 10.2. The van der Waals surface area contributed by atoms with Crippen molar-refractivity contribution in [2.45, 2.75) is 98.1 Å². The summed E-state index contributed by atoms with van der Waals surface area (Å²) in [5.41, 5.74) is 3.33. The first-order valence-corrected chi connectivity index (χ1v) is 16.9. The van der Waals surface area contributed by atoms with Crippen molar-refractivity contribution in [1.29, 1.82) is 0 Å². The van der Waals surface area contributed by atoms with Gasteiger partial charge in [-0.2, -0.15) is 0 Å². The highest BCUT2D eigenvalue weighted by atomic mass is 16.5. The van der Waals surface area contributed by atoms with Crippen LogP contribution in [0.5, 0.6) is 0 Å². The van der Waals surface area contributed by atoms with Gasteiger partial charge in [-0.05, 0) is 67.6 Å². The number of ketones is 1. The average Bonchev–Trinajstić information content (AvgIpc) is 3.06. The van der Waals surface area contributed by atoms with Gasteiger partial charge in [0.15, 0.2) is 0 Å². The van der Waals surface area contributed by atoms with E-state index in [1.807, 2.05) is 37.3 Å². The molecule has 0 aliphatic rings. The third kappa shape index (κ3) is 15.7. The van der Waals surface area contributed by atoms with E-state index in [0.29, 0.717) is 50.5 Å². The lowest BCUT2D eigenvalue weighted by atomic mass is 9.91. The summed E-state index contributed by atoms with van der Waals surface area (Å²) in [4.78, 5) is 12.8. The Hall–Kier alpha value is -3.05. The van der Waals surface area contributed by atoms with E-state index < -0.39 is 0 Å². The summed E-state index contributed by atoms with van der Waals surface area (Å²) in [6, 6.07) is 30.9. The molecule has 244 valence electrons. The molecule has 0 heterocycles. The molecule has 0 aliphatic heterocycles. The van der Waals surface area contributed by atoms with Crippen LogP contribution in [0.25, 0.3) is 0 Å². The molecule has 45 heavy (non-hydrogen) atoms. The number of ether oxygens (including phenoxy) is 3. The quantitative estimate of drug-likeness (QED) is 0.0790. The van der Waals surface area contributed by atoms with Crippen molar-refractivity contribution in [2.24, 2.45) is 17.8 Å². The van der Waals surface area contributed by atoms with Crippen molar-refractivity contribution in [3.8, 4) is 0 Å². The van der Waals surface area contributed by atoms with Crippen LogP contribution >= 0.6 is 0 Å². The van der Waals surface area contributed by atoms with Crippen LogP contribution in [0, 0.1) is 17.8 Å². The molecule has 4 atom stereocenters. The summed E-state index contributed by atoms with van der Waals surface area (Å²) in [6.07, 6.45) is 10.8. The van der Waals surface area contributed by atoms with Crippen LogP contribution in [0.1, 0.15) is 89.3 Å². The van der Waals surface area contributed by atoms with Crippen molar-refractivity contribution in [1.82, 2.24) is 0 Å². The Kier molecular flexibility index (Phi) is 16.9. The van der Waals surface area contributed by atoms with Crippen molar-refractivity contribution in [2.75, 3.05) is 13.2 Å². The Morgan fingerprint density at radius 2 is 1.29 bits per heavy atom. The smallest absolute Gasteiger partial charge is 0.135 e. The zero-order chi connectivity index (χ0) is 32.2. The Bertz CT molecular complexity index is 1210. The van der Waals surface area contributed by atoms with Gasteiger partial charge in [0, 0.05) is 25.6 Å². The zero-order valence-corrected chi connectivity index (χ0v) is 28.2. The first-order valence-electron chi connectivity index (χ1n) is 16.9. The van der Waals surface area contributed by atoms with E-state index in [4.69, 9.17) is 14.2 Å². The van der Waals surface area contributed by atoms with Gasteiger partial charge in [0.2, 0.25) is 0 Å². The second-order valence-electron chi connectivity index (χ2n) is 13.1. The minimum atomic E-state index is -0.249. The van der Waals surface area contributed by atoms with Gasteiger partial charge < -0.3 is 14.2 Å². The van der Waals surface area contributed by atoms with E-state index in [1.165, 1.54) is 11.1 Å². The monoisotopic (exact) mass is 612 g/mol. The number of carbonyl (C=O) groups is 1. The number of carbonyl (C=O) groups excluding carboxylic acids is 1. The number of benzene rings is 3. The lowest BCUT2D eigenvalue weighted by Crippen LogP contribution is -2.28. The van der Waals surface area contributed by atoms with E-state index >= 15 is 0 Å². The SMILES string of the molecule is C[C@H](CCC[C@@](C)(C/C=C/[C@@H](C)CCC(=O)[C@H](C)CCOCc1ccccc1)OCc1ccccc1)COCc1ccccc1. The Balaban J connectivity index is 1.39. The number of rotatable bonds is 23. The summed E-state index contributed by atoms with van der Waals surface area (Å²) in [5.74, 6) is 1.20. The predicted molar refractivity (Wildman–Crippen MR) is 186 cm³/mol. The molecule has 0 spiro atoms. The maximum absolute atomic E-state index is 12.8. The lowest BCUT2D eigenvalue weighted by molar-refractivity contribution is -0.123. The van der Waals surface area contributed by atoms with Gasteiger partial charge in [-0.3, -0.25) is 4.79 Å². The van der Waals surface area contributed by atoms with E-state index in [-0.39, 0.29) is 11.5 Å². The molecule has 0 saturated heterocycles. The van der Waals surface area contributed by atoms with Gasteiger partial charge in [-0.15, -0.1) is 0 Å². The molecule has 4 heteroatoms. The highest BCUT2D eigenvalue weighted by Gasteiger charge is 2.24. The van der Waals surface area contributed by atoms with Crippen molar-refractivity contribution >= 4 is 5.78 Å². The highest BCUT2D eigenvalue weighted by Crippen LogP contribution is 2.27. The summed E-state index contributed by atoms with van der Waals surface area (Å²) < 4.78 is 18.4. The van der Waals surface area contributed by atoms with E-state index in [2.05, 4.69) is 93.6 Å². The Labute approximate surface area is 273 Å². The Morgan fingerprint density at radius 3 is 1.89 bits per heavy atom. The molecular weight excluding hydrogens is 556 g/mol. The number of hydrogen-bond acceptors (Lipinski definition) is 4. The number of allylic oxidation sites excluding steroid dienone is 1. The fourth-order valence-corrected chi connectivity index (χ4v) is 5.37. The topological polar surface area (TPSA) is 44.8 Å². The van der Waals surface area contributed by atoms with Crippen molar-refractivity contribution in [3.05, 3.63) is 120 Å². The highest BCUT2D eigenvalue weighted by molar-refractivity contribution is 5.80. The average molecular weight is 613 g/mol. The van der Waals surface area contributed by atoms with Crippen LogP contribution < -0.4 is 0 Å². The molecule has 4 nitrogen and oxygen atoms in total. The van der Waals surface area contributed by atoms with Crippen molar-refractivity contribution < 1.29 is 19.0 Å². The molecule has 0 radical (unpaired) electrons. The molecule has 3 aromatic rings. The second-order valence-corrected chi connectivity index (χ2v) is 13.1. The fraction of sp³-hybridized carbons (Fsp3) is 0.488. The van der Waals surface area contributed by atoms with Crippen LogP contribution in [0.3, 0.4) is 0 Å². The van der Waals surface area contributed by atoms with Crippen LogP contribution in [-0.2, 0) is 38.8 Å². The maximum atomic E-state index is 12.8. The third-order valence-electron chi connectivity index (χ3n) is 8.56. The van der Waals surface area contributed by atoms with Gasteiger partial charge in [0.25, 0.3) is 0 Å². The zero-order valence-electron chi connectivity index (χ0n) is 28.2. The van der Waals surface area contributed by atoms with Crippen LogP contribution in [0.4, 0.5) is 0 Å². The normalized spacial score (nSPS) is 15.0. The molecule has 0 bridgehead atoms. The van der Waals surface area contributed by atoms with Gasteiger partial charge in [-0.1, -0.05) is 130 Å². The number of hydrogen-bond donors (Lipinski definition) is 0. The molecule has 0 fully saturated rings. The van der Waals surface area contributed by atoms with E-state index in [0.717, 1.165) is 50.7 Å². The summed E-state index contributed by atoms with van der Waals surface area (Å²) >= 11 is 0. The summed E-state index contributed by atoms with van der Waals surface area (Å²) in [7, 11) is 0. The van der Waals surface area contributed by atoms with Gasteiger partial charge in [-0.25, -0.2) is 0 Å². The second kappa shape index (κ2) is 20.9. The third-order valence-corrected chi connectivity index (χ3v) is 8.56. The van der Waals surface area contributed by atoms with Crippen LogP contribution in [0.15, 0.2) is 103 Å². The maximum Gasteiger partial charge on any atom is 0.135 e. The van der Waals surface area contributed by atoms with Gasteiger partial charge in [0.1, 0.15) is 5.78 Å². The van der Waals surface area contributed by atoms with Crippen LogP contribution in [-0.4, -0.2) is 24.6 Å². The lowest BCUT2D eigenvalue weighted by Gasteiger charge is -2.30. The fourth-order valence-electron chi connectivity index (χ4n) is 5.37. The minimum Gasteiger partial charge on any atom is -0.377 e. The number of Topliss-reactive ketones (excluding diaryl/α,β-unsaturated/α-hetero) is 1. The summed E-state index contributed by atoms with van der Waals surface area (Å²) in [5, 5.41) is 0. The molecule has 3 aromatic carbocycles. The molecular formula is C41H56O4. The first kappa shape index (κ1) is 36.4. The van der Waals surface area contributed by atoms with E-state index in [9.17, 15) is 4.79 Å². The molecule has 0 unspecified atom stereocenters.